The van der Waals surface area contributed by atoms with Gasteiger partial charge in [0.1, 0.15) is 6.10 Å². The maximum atomic E-state index is 11.8. The fraction of sp³-hybridized carbons (Fsp3) is 0.583. The molecule has 8 heteroatoms. The van der Waals surface area contributed by atoms with E-state index in [1.165, 1.54) is 17.8 Å². The van der Waals surface area contributed by atoms with Gasteiger partial charge in [0.05, 0.1) is 10.6 Å². The third kappa shape index (κ3) is 2.47. The van der Waals surface area contributed by atoms with Crippen molar-refractivity contribution in [2.75, 3.05) is 0 Å². The van der Waals surface area contributed by atoms with Crippen molar-refractivity contribution < 1.29 is 9.53 Å². The number of hydrogen-bond acceptors (Lipinski definition) is 5. The average Bonchev–Trinajstić information content (AvgIpc) is 2.83. The SMILES string of the molecule is Cc1c(C(C)OC(=O)NC2CCC2)sc2nc(Cl)nn12. The molecule has 0 radical (unpaired) electrons. The number of carbonyl (C=O) groups excluding carboxylic acids is 1. The Morgan fingerprint density at radius 2 is 2.35 bits per heavy atom. The number of fused-ring (bicyclic) bond motifs is 1. The molecule has 0 spiro atoms. The maximum Gasteiger partial charge on any atom is 0.407 e. The van der Waals surface area contributed by atoms with Crippen LogP contribution < -0.4 is 5.32 Å². The molecule has 1 fully saturated rings. The lowest BCUT2D eigenvalue weighted by Crippen LogP contribution is -2.40. The van der Waals surface area contributed by atoms with Gasteiger partial charge in [0.15, 0.2) is 0 Å². The Morgan fingerprint density at radius 1 is 1.60 bits per heavy atom. The minimum absolute atomic E-state index is 0.224. The highest BCUT2D eigenvalue weighted by molar-refractivity contribution is 7.17. The molecule has 1 unspecified atom stereocenters. The summed E-state index contributed by atoms with van der Waals surface area (Å²) < 4.78 is 7.08. The zero-order chi connectivity index (χ0) is 14.3. The number of nitrogens with zero attached hydrogens (tertiary/aromatic N) is 3. The maximum absolute atomic E-state index is 11.8. The molecule has 6 nitrogen and oxygen atoms in total. The predicted octanol–water partition coefficient (Wildman–Crippen LogP) is 3.09. The normalized spacial score (nSPS) is 16.9. The molecule has 2 heterocycles. The van der Waals surface area contributed by atoms with E-state index in [1.54, 1.807) is 4.52 Å². The van der Waals surface area contributed by atoms with Gasteiger partial charge >= 0.3 is 6.09 Å². The van der Waals surface area contributed by atoms with E-state index in [2.05, 4.69) is 15.4 Å². The number of carbonyl (C=O) groups is 1. The number of thiazole rings is 1. The number of rotatable bonds is 3. The number of halogens is 1. The van der Waals surface area contributed by atoms with Crippen LogP contribution in [0.25, 0.3) is 4.96 Å². The predicted molar refractivity (Wildman–Crippen MR) is 76.3 cm³/mol. The zero-order valence-electron chi connectivity index (χ0n) is 11.2. The average molecular weight is 315 g/mol. The summed E-state index contributed by atoms with van der Waals surface area (Å²) in [5.41, 5.74) is 0.897. The van der Waals surface area contributed by atoms with Crippen molar-refractivity contribution >= 4 is 34.0 Å². The monoisotopic (exact) mass is 314 g/mol. The van der Waals surface area contributed by atoms with E-state index in [-0.39, 0.29) is 23.5 Å². The van der Waals surface area contributed by atoms with Crippen LogP contribution in [0, 0.1) is 6.92 Å². The van der Waals surface area contributed by atoms with Crippen LogP contribution in [0.2, 0.25) is 5.28 Å². The third-order valence-corrected chi connectivity index (χ3v) is 4.96. The lowest BCUT2D eigenvalue weighted by Gasteiger charge is -2.26. The molecule has 1 aliphatic rings. The Morgan fingerprint density at radius 3 is 2.95 bits per heavy atom. The van der Waals surface area contributed by atoms with Gasteiger partial charge in [0.25, 0.3) is 0 Å². The van der Waals surface area contributed by atoms with E-state index in [9.17, 15) is 4.79 Å². The summed E-state index contributed by atoms with van der Waals surface area (Å²) in [4.78, 5) is 17.5. The summed E-state index contributed by atoms with van der Waals surface area (Å²) in [7, 11) is 0. The first kappa shape index (κ1) is 13.6. The standard InChI is InChI=1S/C12H15ClN4O2S/c1-6-9(20-11-15-10(13)16-17(6)11)7(2)19-12(18)14-8-4-3-5-8/h7-8H,3-5H2,1-2H3,(H,14,18). The van der Waals surface area contributed by atoms with Crippen molar-refractivity contribution in [3.63, 3.8) is 0 Å². The fourth-order valence-electron chi connectivity index (χ4n) is 2.18. The lowest BCUT2D eigenvalue weighted by molar-refractivity contribution is 0.101. The summed E-state index contributed by atoms with van der Waals surface area (Å²) in [5.74, 6) is 0. The molecule has 20 heavy (non-hydrogen) atoms. The van der Waals surface area contributed by atoms with Crippen LogP contribution >= 0.6 is 22.9 Å². The fourth-order valence-corrected chi connectivity index (χ4v) is 3.43. The molecule has 2 aromatic heterocycles. The Balaban J connectivity index is 1.71. The lowest BCUT2D eigenvalue weighted by atomic mass is 9.93. The number of alkyl carbamates (subject to hydrolysis) is 1. The largest absolute Gasteiger partial charge is 0.441 e. The summed E-state index contributed by atoms with van der Waals surface area (Å²) in [5, 5.41) is 7.17. The van der Waals surface area contributed by atoms with E-state index < -0.39 is 0 Å². The highest BCUT2D eigenvalue weighted by Crippen LogP contribution is 2.30. The molecule has 1 amide bonds. The van der Waals surface area contributed by atoms with Gasteiger partial charge in [-0.1, -0.05) is 11.3 Å². The van der Waals surface area contributed by atoms with Crippen molar-refractivity contribution in [2.45, 2.75) is 45.3 Å². The molecule has 108 valence electrons. The minimum Gasteiger partial charge on any atom is -0.441 e. The van der Waals surface area contributed by atoms with Crippen LogP contribution in [-0.2, 0) is 4.74 Å². The molecular weight excluding hydrogens is 300 g/mol. The van der Waals surface area contributed by atoms with E-state index in [1.807, 2.05) is 13.8 Å². The van der Waals surface area contributed by atoms with Crippen molar-refractivity contribution in [1.82, 2.24) is 19.9 Å². The molecule has 1 saturated carbocycles. The molecule has 1 N–H and O–H groups in total. The second-order valence-electron chi connectivity index (χ2n) is 4.95. The van der Waals surface area contributed by atoms with Crippen LogP contribution in [0.15, 0.2) is 0 Å². The van der Waals surface area contributed by atoms with E-state index in [4.69, 9.17) is 16.3 Å². The van der Waals surface area contributed by atoms with Gasteiger partial charge < -0.3 is 10.1 Å². The second kappa shape index (κ2) is 5.21. The number of aryl methyl sites for hydroxylation is 1. The summed E-state index contributed by atoms with van der Waals surface area (Å²) in [6.07, 6.45) is 2.56. The van der Waals surface area contributed by atoms with Gasteiger partial charge in [-0.05, 0) is 44.7 Å². The summed E-state index contributed by atoms with van der Waals surface area (Å²) in [6.45, 7) is 3.76. The van der Waals surface area contributed by atoms with Crippen LogP contribution in [0.5, 0.6) is 0 Å². The molecule has 1 aliphatic carbocycles. The van der Waals surface area contributed by atoms with Crippen LogP contribution in [0.3, 0.4) is 0 Å². The molecule has 0 bridgehead atoms. The van der Waals surface area contributed by atoms with E-state index in [0.717, 1.165) is 23.4 Å². The minimum atomic E-state index is -0.362. The summed E-state index contributed by atoms with van der Waals surface area (Å²) in [6, 6.07) is 0.275. The Hall–Kier alpha value is -1.34. The molecular formula is C12H15ClN4O2S. The molecule has 0 aliphatic heterocycles. The first-order chi connectivity index (χ1) is 9.54. The third-order valence-electron chi connectivity index (χ3n) is 3.51. The highest BCUT2D eigenvalue weighted by Gasteiger charge is 2.24. The highest BCUT2D eigenvalue weighted by atomic mass is 35.5. The van der Waals surface area contributed by atoms with Gasteiger partial charge in [0.2, 0.25) is 10.2 Å². The van der Waals surface area contributed by atoms with Crippen LogP contribution in [-0.4, -0.2) is 26.7 Å². The van der Waals surface area contributed by atoms with Crippen LogP contribution in [0.4, 0.5) is 4.79 Å². The number of nitrogens with one attached hydrogen (secondary N) is 1. The summed E-state index contributed by atoms with van der Waals surface area (Å²) >= 11 is 7.19. The van der Waals surface area contributed by atoms with Gasteiger partial charge in [-0.25, -0.2) is 9.31 Å². The molecule has 2 aromatic rings. The van der Waals surface area contributed by atoms with Crippen molar-refractivity contribution in [2.24, 2.45) is 0 Å². The Labute approximate surface area is 125 Å². The second-order valence-corrected chi connectivity index (χ2v) is 6.29. The Kier molecular flexibility index (Phi) is 3.55. The van der Waals surface area contributed by atoms with Crippen molar-refractivity contribution in [3.8, 4) is 0 Å². The first-order valence-electron chi connectivity index (χ1n) is 6.53. The quantitative estimate of drug-likeness (QED) is 0.945. The number of aromatic nitrogens is 3. The smallest absolute Gasteiger partial charge is 0.407 e. The zero-order valence-corrected chi connectivity index (χ0v) is 12.8. The van der Waals surface area contributed by atoms with Gasteiger partial charge in [-0.2, -0.15) is 4.98 Å². The molecule has 3 rings (SSSR count). The van der Waals surface area contributed by atoms with Gasteiger partial charge in [0, 0.05) is 6.04 Å². The van der Waals surface area contributed by atoms with E-state index in [0.29, 0.717) is 4.96 Å². The van der Waals surface area contributed by atoms with E-state index >= 15 is 0 Å². The first-order valence-corrected chi connectivity index (χ1v) is 7.72. The van der Waals surface area contributed by atoms with Crippen molar-refractivity contribution in [3.05, 3.63) is 15.9 Å². The number of ether oxygens (including phenoxy) is 1. The topological polar surface area (TPSA) is 68.5 Å². The van der Waals surface area contributed by atoms with Gasteiger partial charge in [-0.15, -0.1) is 5.10 Å². The Bertz CT molecular complexity index is 649. The van der Waals surface area contributed by atoms with Gasteiger partial charge in [-0.3, -0.25) is 0 Å². The molecule has 1 atom stereocenters. The van der Waals surface area contributed by atoms with Crippen molar-refractivity contribution in [1.29, 1.82) is 0 Å². The van der Waals surface area contributed by atoms with Crippen LogP contribution in [0.1, 0.15) is 42.9 Å². The molecule has 0 aromatic carbocycles. The number of amides is 1. The number of hydrogen-bond donors (Lipinski definition) is 1. The molecule has 0 saturated heterocycles.